The molecule has 0 bridgehead atoms. The van der Waals surface area contributed by atoms with Crippen molar-refractivity contribution in [1.82, 2.24) is 14.9 Å². The van der Waals surface area contributed by atoms with Gasteiger partial charge in [0.25, 0.3) is 0 Å². The number of amides is 1. The number of hydrogen-bond acceptors (Lipinski definition) is 6. The van der Waals surface area contributed by atoms with Crippen LogP contribution in [-0.2, 0) is 36.8 Å². The molecule has 0 aliphatic carbocycles. The fraction of sp³-hybridized carbons (Fsp3) is 0.647. The molecule has 0 atom stereocenters. The fourth-order valence-electron chi connectivity index (χ4n) is 2.42. The van der Waals surface area contributed by atoms with E-state index in [1.165, 1.54) is 6.92 Å². The molecular weight excluding hydrogens is 326 g/mol. The van der Waals surface area contributed by atoms with Crippen LogP contribution in [-0.4, -0.2) is 46.1 Å². The Morgan fingerprint density at radius 2 is 1.76 bits per heavy atom. The highest BCUT2D eigenvalue weighted by Gasteiger charge is 2.50. The first-order valence-corrected chi connectivity index (χ1v) is 8.53. The van der Waals surface area contributed by atoms with Crippen LogP contribution in [0.15, 0.2) is 12.5 Å². The van der Waals surface area contributed by atoms with Crippen LogP contribution in [0.4, 0.5) is 0 Å². The first-order valence-electron chi connectivity index (χ1n) is 8.53. The highest BCUT2D eigenvalue weighted by Crippen LogP contribution is 2.18. The molecule has 1 N–H and O–H groups in total. The second kappa shape index (κ2) is 9.80. The lowest BCUT2D eigenvalue weighted by Crippen LogP contribution is -2.62. The lowest BCUT2D eigenvalue weighted by Gasteiger charge is -2.29. The summed E-state index contributed by atoms with van der Waals surface area (Å²) < 4.78 is 11.9. The monoisotopic (exact) mass is 353 g/mol. The Balaban J connectivity index is 3.17. The predicted octanol–water partition coefficient (Wildman–Crippen LogP) is 1.23. The van der Waals surface area contributed by atoms with E-state index in [9.17, 15) is 14.4 Å². The number of ether oxygens (including phenoxy) is 2. The van der Waals surface area contributed by atoms with Gasteiger partial charge in [0.15, 0.2) is 0 Å². The Hall–Kier alpha value is -2.38. The Morgan fingerprint density at radius 1 is 1.16 bits per heavy atom. The number of unbranched alkanes of at least 4 members (excludes halogenated alkanes) is 1. The molecule has 1 rings (SSSR count). The van der Waals surface area contributed by atoms with Gasteiger partial charge < -0.3 is 19.4 Å². The van der Waals surface area contributed by atoms with E-state index in [0.717, 1.165) is 19.4 Å². The van der Waals surface area contributed by atoms with Crippen LogP contribution in [0.3, 0.4) is 0 Å². The largest absolute Gasteiger partial charge is 0.464 e. The summed E-state index contributed by atoms with van der Waals surface area (Å²) in [5, 5.41) is 2.43. The van der Waals surface area contributed by atoms with Gasteiger partial charge in [0.1, 0.15) is 0 Å². The molecule has 1 aromatic heterocycles. The van der Waals surface area contributed by atoms with Gasteiger partial charge in [-0.25, -0.2) is 14.6 Å². The van der Waals surface area contributed by atoms with Crippen molar-refractivity contribution >= 4 is 17.8 Å². The summed E-state index contributed by atoms with van der Waals surface area (Å²) in [6.45, 7) is 7.50. The predicted molar refractivity (Wildman–Crippen MR) is 90.7 cm³/mol. The van der Waals surface area contributed by atoms with Crippen LogP contribution in [0.25, 0.3) is 0 Å². The molecule has 1 amide bonds. The molecule has 0 radical (unpaired) electrons. The van der Waals surface area contributed by atoms with Crippen LogP contribution < -0.4 is 5.32 Å². The minimum atomic E-state index is -1.94. The Morgan fingerprint density at radius 3 is 2.24 bits per heavy atom. The van der Waals surface area contributed by atoms with Gasteiger partial charge in [-0.1, -0.05) is 13.3 Å². The van der Waals surface area contributed by atoms with Crippen molar-refractivity contribution in [2.24, 2.45) is 0 Å². The van der Waals surface area contributed by atoms with Gasteiger partial charge in [-0.15, -0.1) is 0 Å². The van der Waals surface area contributed by atoms with Crippen LogP contribution in [0.5, 0.6) is 0 Å². The van der Waals surface area contributed by atoms with Gasteiger partial charge >= 0.3 is 11.9 Å². The van der Waals surface area contributed by atoms with Crippen molar-refractivity contribution in [2.45, 2.75) is 59.0 Å². The lowest BCUT2D eigenvalue weighted by molar-refractivity contribution is -0.168. The standard InChI is InChI=1S/C17H27N3O5/c1-5-8-9-20-11-14(18-12-20)10-17(19-13(4)21,15(22)24-6-2)16(23)25-7-3/h11-12H,5-10H2,1-4H3,(H,19,21). The molecule has 25 heavy (non-hydrogen) atoms. The van der Waals surface area contributed by atoms with E-state index in [4.69, 9.17) is 9.47 Å². The molecule has 0 fully saturated rings. The van der Waals surface area contributed by atoms with Crippen LogP contribution in [0.1, 0.15) is 46.2 Å². The smallest absolute Gasteiger partial charge is 0.344 e. The maximum Gasteiger partial charge on any atom is 0.344 e. The van der Waals surface area contributed by atoms with E-state index in [1.54, 1.807) is 26.4 Å². The third-order valence-electron chi connectivity index (χ3n) is 3.54. The molecule has 0 spiro atoms. The van der Waals surface area contributed by atoms with E-state index < -0.39 is 23.4 Å². The number of carbonyl (C=O) groups excluding carboxylic acids is 3. The summed E-state index contributed by atoms with van der Waals surface area (Å²) in [6.07, 6.45) is 5.28. The number of aryl methyl sites for hydroxylation is 1. The second-order valence-corrected chi connectivity index (χ2v) is 5.66. The van der Waals surface area contributed by atoms with E-state index in [-0.39, 0.29) is 19.6 Å². The summed E-state index contributed by atoms with van der Waals surface area (Å²) in [7, 11) is 0. The summed E-state index contributed by atoms with van der Waals surface area (Å²) in [6, 6.07) is 0. The van der Waals surface area contributed by atoms with Crippen LogP contribution in [0.2, 0.25) is 0 Å². The molecule has 0 aliphatic rings. The van der Waals surface area contributed by atoms with Crippen molar-refractivity contribution in [2.75, 3.05) is 13.2 Å². The Labute approximate surface area is 147 Å². The SMILES string of the molecule is CCCCn1cnc(CC(NC(C)=O)(C(=O)OCC)C(=O)OCC)c1. The molecule has 1 heterocycles. The fourth-order valence-corrected chi connectivity index (χ4v) is 2.42. The number of imidazole rings is 1. The zero-order valence-electron chi connectivity index (χ0n) is 15.3. The summed E-state index contributed by atoms with van der Waals surface area (Å²) >= 11 is 0. The molecule has 0 unspecified atom stereocenters. The molecule has 8 heteroatoms. The Bertz CT molecular complexity index is 579. The number of carbonyl (C=O) groups is 3. The molecule has 140 valence electrons. The van der Waals surface area contributed by atoms with Gasteiger partial charge in [0, 0.05) is 26.1 Å². The molecule has 0 aliphatic heterocycles. The molecule has 1 aromatic rings. The number of esters is 2. The quantitative estimate of drug-likeness (QED) is 0.502. The number of nitrogens with one attached hydrogen (secondary N) is 1. The first-order chi connectivity index (χ1) is 11.9. The van der Waals surface area contributed by atoms with Gasteiger partial charge in [-0.3, -0.25) is 4.79 Å². The van der Waals surface area contributed by atoms with E-state index in [0.29, 0.717) is 5.69 Å². The van der Waals surface area contributed by atoms with Crippen LogP contribution in [0, 0.1) is 0 Å². The average molecular weight is 353 g/mol. The molecule has 8 nitrogen and oxygen atoms in total. The van der Waals surface area contributed by atoms with Gasteiger partial charge in [-0.05, 0) is 20.3 Å². The van der Waals surface area contributed by atoms with Crippen molar-refractivity contribution in [3.05, 3.63) is 18.2 Å². The van der Waals surface area contributed by atoms with Crippen LogP contribution >= 0.6 is 0 Å². The number of rotatable bonds is 10. The normalized spacial score (nSPS) is 11.0. The second-order valence-electron chi connectivity index (χ2n) is 5.66. The first kappa shape index (κ1) is 20.7. The summed E-state index contributed by atoms with van der Waals surface area (Å²) in [5.41, 5.74) is -1.45. The lowest BCUT2D eigenvalue weighted by atomic mass is 9.93. The number of nitrogens with zero attached hydrogens (tertiary/aromatic N) is 2. The highest BCUT2D eigenvalue weighted by molar-refractivity contribution is 6.08. The molecule has 0 saturated heterocycles. The van der Waals surface area contributed by atoms with Gasteiger partial charge in [-0.2, -0.15) is 0 Å². The van der Waals surface area contributed by atoms with E-state index in [1.807, 2.05) is 4.57 Å². The molecular formula is C17H27N3O5. The molecule has 0 saturated carbocycles. The number of aromatic nitrogens is 2. The highest BCUT2D eigenvalue weighted by atomic mass is 16.6. The third-order valence-corrected chi connectivity index (χ3v) is 3.54. The van der Waals surface area contributed by atoms with Crippen molar-refractivity contribution < 1.29 is 23.9 Å². The van der Waals surface area contributed by atoms with Crippen molar-refractivity contribution in [3.8, 4) is 0 Å². The third kappa shape index (κ3) is 5.58. The van der Waals surface area contributed by atoms with Gasteiger partial charge in [0.2, 0.25) is 11.4 Å². The van der Waals surface area contributed by atoms with Crippen molar-refractivity contribution in [1.29, 1.82) is 0 Å². The molecule has 0 aromatic carbocycles. The van der Waals surface area contributed by atoms with Crippen molar-refractivity contribution in [3.63, 3.8) is 0 Å². The minimum absolute atomic E-state index is 0.0739. The topological polar surface area (TPSA) is 99.5 Å². The Kier molecular flexibility index (Phi) is 8.10. The average Bonchev–Trinajstić information content (AvgIpc) is 2.99. The van der Waals surface area contributed by atoms with E-state index >= 15 is 0 Å². The minimum Gasteiger partial charge on any atom is -0.464 e. The maximum atomic E-state index is 12.5. The number of hydrogen-bond donors (Lipinski definition) is 1. The zero-order chi connectivity index (χ0) is 18.9. The van der Waals surface area contributed by atoms with Gasteiger partial charge in [0.05, 0.1) is 25.2 Å². The summed E-state index contributed by atoms with van der Waals surface area (Å²) in [5.74, 6) is -2.25. The van der Waals surface area contributed by atoms with E-state index in [2.05, 4.69) is 17.2 Å². The maximum absolute atomic E-state index is 12.5. The summed E-state index contributed by atoms with van der Waals surface area (Å²) in [4.78, 5) is 41.0. The zero-order valence-corrected chi connectivity index (χ0v) is 15.3.